The first-order chi connectivity index (χ1) is 4.81. The highest BCUT2D eigenvalue weighted by Gasteiger charge is 2.35. The van der Waals surface area contributed by atoms with Crippen molar-refractivity contribution >= 4 is 7.37 Å². The van der Waals surface area contributed by atoms with Crippen molar-refractivity contribution in [1.82, 2.24) is 0 Å². The van der Waals surface area contributed by atoms with Crippen LogP contribution in [0.5, 0.6) is 0 Å². The summed E-state index contributed by atoms with van der Waals surface area (Å²) < 4.78 is 11.1. The van der Waals surface area contributed by atoms with E-state index in [1.54, 1.807) is 6.07 Å². The van der Waals surface area contributed by atoms with Crippen LogP contribution in [0.2, 0.25) is 0 Å². The van der Waals surface area contributed by atoms with E-state index in [0.717, 1.165) is 0 Å². The molecule has 0 aromatic rings. The number of rotatable bonds is 3. The summed E-state index contributed by atoms with van der Waals surface area (Å²) in [6, 6.07) is 1.75. The average molecular weight is 177 g/mol. The minimum absolute atomic E-state index is 0.00221. The van der Waals surface area contributed by atoms with Gasteiger partial charge in [-0.2, -0.15) is 5.26 Å². The fourth-order valence-electron chi connectivity index (χ4n) is 0.475. The van der Waals surface area contributed by atoms with E-state index in [0.29, 0.717) is 0 Å². The third-order valence-corrected chi connectivity index (χ3v) is 3.92. The molecule has 0 bridgehead atoms. The highest BCUT2D eigenvalue weighted by molar-refractivity contribution is 7.59. The largest absolute Gasteiger partial charge is 0.380 e. The maximum Gasteiger partial charge on any atom is 0.231 e. The van der Waals surface area contributed by atoms with Gasteiger partial charge in [0.05, 0.1) is 6.07 Å². The molecule has 0 aliphatic heterocycles. The Kier molecular flexibility index (Phi) is 3.25. The van der Waals surface area contributed by atoms with E-state index in [4.69, 9.17) is 15.3 Å². The van der Waals surface area contributed by atoms with Gasteiger partial charge >= 0.3 is 0 Å². The van der Waals surface area contributed by atoms with Crippen molar-refractivity contribution in [3.8, 4) is 6.07 Å². The first-order valence-electron chi connectivity index (χ1n) is 3.22. The fourth-order valence-corrected chi connectivity index (χ4v) is 1.43. The van der Waals surface area contributed by atoms with E-state index in [-0.39, 0.29) is 12.6 Å². The monoisotopic (exact) mass is 177 g/mol. The molecule has 0 saturated carbocycles. The minimum Gasteiger partial charge on any atom is -0.380 e. The Morgan fingerprint density at radius 1 is 1.64 bits per heavy atom. The Bertz CT molecular complexity index is 213. The summed E-state index contributed by atoms with van der Waals surface area (Å²) in [5, 5.41) is 15.7. The number of aliphatic hydroxyl groups is 1. The third kappa shape index (κ3) is 3.02. The Hall–Kier alpha value is -0.360. The maximum absolute atomic E-state index is 11.1. The molecule has 0 fully saturated rings. The van der Waals surface area contributed by atoms with Gasteiger partial charge in [-0.25, -0.2) is 0 Å². The van der Waals surface area contributed by atoms with Crippen molar-refractivity contribution < 1.29 is 14.6 Å². The molecule has 0 aromatic heterocycles. The molecular formula is C6H12NO3P. The predicted octanol–water partition coefficient (Wildman–Crippen LogP) is 0.899. The van der Waals surface area contributed by atoms with Gasteiger partial charge in [-0.15, -0.1) is 0 Å². The zero-order valence-electron chi connectivity index (χ0n) is 6.61. The van der Waals surface area contributed by atoms with E-state index in [1.807, 2.05) is 0 Å². The molecule has 0 rings (SSSR count). The van der Waals surface area contributed by atoms with Gasteiger partial charge in [-0.3, -0.25) is 4.57 Å². The molecule has 11 heavy (non-hydrogen) atoms. The molecule has 4 nitrogen and oxygen atoms in total. The Labute approximate surface area is 65.9 Å². The standard InChI is InChI=1S/C6H12NO3P/c1-6(2,8)11(9,10)5-3-4-7/h8H,3,5H2,1-2H3,(H,9,10). The van der Waals surface area contributed by atoms with Crippen LogP contribution in [0.15, 0.2) is 0 Å². The topological polar surface area (TPSA) is 81.3 Å². The molecule has 5 heteroatoms. The van der Waals surface area contributed by atoms with Gasteiger partial charge in [-0.1, -0.05) is 0 Å². The molecular weight excluding hydrogens is 165 g/mol. The lowest BCUT2D eigenvalue weighted by Gasteiger charge is -2.23. The smallest absolute Gasteiger partial charge is 0.231 e. The van der Waals surface area contributed by atoms with Crippen LogP contribution in [0.4, 0.5) is 0 Å². The first kappa shape index (κ1) is 10.6. The normalized spacial score (nSPS) is 17.0. The van der Waals surface area contributed by atoms with Gasteiger partial charge in [0.25, 0.3) is 0 Å². The molecule has 2 N–H and O–H groups in total. The lowest BCUT2D eigenvalue weighted by Crippen LogP contribution is -2.20. The van der Waals surface area contributed by atoms with Crippen LogP contribution in [0.3, 0.4) is 0 Å². The second-order valence-electron chi connectivity index (χ2n) is 2.83. The Morgan fingerprint density at radius 2 is 2.09 bits per heavy atom. The summed E-state index contributed by atoms with van der Waals surface area (Å²) in [6.45, 7) is 2.54. The fraction of sp³-hybridized carbons (Fsp3) is 0.833. The predicted molar refractivity (Wildman–Crippen MR) is 41.2 cm³/mol. The molecule has 64 valence electrons. The van der Waals surface area contributed by atoms with E-state index >= 15 is 0 Å². The SMILES string of the molecule is CC(C)(O)P(=O)(O)CCC#N. The van der Waals surface area contributed by atoms with E-state index < -0.39 is 12.7 Å². The van der Waals surface area contributed by atoms with Crippen molar-refractivity contribution in [2.45, 2.75) is 25.6 Å². The van der Waals surface area contributed by atoms with Gasteiger partial charge in [0.15, 0.2) is 0 Å². The molecule has 0 amide bonds. The molecule has 1 unspecified atom stereocenters. The summed E-state index contributed by atoms with van der Waals surface area (Å²) in [6.07, 6.45) is -0.148. The molecule has 0 radical (unpaired) electrons. The number of nitrogens with zero attached hydrogens (tertiary/aromatic N) is 1. The Morgan fingerprint density at radius 3 is 2.36 bits per heavy atom. The van der Waals surface area contributed by atoms with Gasteiger partial charge < -0.3 is 10.00 Å². The van der Waals surface area contributed by atoms with E-state index in [9.17, 15) is 4.57 Å². The third-order valence-electron chi connectivity index (χ3n) is 1.38. The van der Waals surface area contributed by atoms with Gasteiger partial charge in [0, 0.05) is 12.6 Å². The molecule has 0 spiro atoms. The molecule has 0 aromatic carbocycles. The van der Waals surface area contributed by atoms with Gasteiger partial charge in [-0.05, 0) is 13.8 Å². The van der Waals surface area contributed by atoms with Crippen LogP contribution in [0.1, 0.15) is 20.3 Å². The minimum atomic E-state index is -3.56. The van der Waals surface area contributed by atoms with Crippen LogP contribution in [0.25, 0.3) is 0 Å². The van der Waals surface area contributed by atoms with E-state index in [2.05, 4.69) is 0 Å². The summed E-state index contributed by atoms with van der Waals surface area (Å²) >= 11 is 0. The molecule has 0 saturated heterocycles. The lowest BCUT2D eigenvalue weighted by atomic mass is 10.5. The summed E-state index contributed by atoms with van der Waals surface area (Å²) in [5.41, 5.74) is 0. The van der Waals surface area contributed by atoms with Crippen LogP contribution in [-0.2, 0) is 4.57 Å². The van der Waals surface area contributed by atoms with Gasteiger partial charge in [0.1, 0.15) is 5.34 Å². The summed E-state index contributed by atoms with van der Waals surface area (Å²) in [5.74, 6) is 0. The first-order valence-corrected chi connectivity index (χ1v) is 5.07. The van der Waals surface area contributed by atoms with Crippen molar-refractivity contribution in [2.75, 3.05) is 6.16 Å². The highest BCUT2D eigenvalue weighted by Crippen LogP contribution is 2.52. The van der Waals surface area contributed by atoms with Crippen molar-refractivity contribution in [3.05, 3.63) is 0 Å². The Balaban J connectivity index is 4.27. The maximum atomic E-state index is 11.1. The van der Waals surface area contributed by atoms with Crippen molar-refractivity contribution in [3.63, 3.8) is 0 Å². The number of hydrogen-bond donors (Lipinski definition) is 2. The molecule has 0 heterocycles. The number of nitriles is 1. The van der Waals surface area contributed by atoms with Crippen LogP contribution in [-0.4, -0.2) is 21.5 Å². The lowest BCUT2D eigenvalue weighted by molar-refractivity contribution is 0.148. The zero-order chi connectivity index (χ0) is 9.12. The average Bonchev–Trinajstić information content (AvgIpc) is 1.81. The molecule has 1 atom stereocenters. The summed E-state index contributed by atoms with van der Waals surface area (Å²) in [4.78, 5) is 9.14. The highest BCUT2D eigenvalue weighted by atomic mass is 31.2. The quantitative estimate of drug-likeness (QED) is 0.627. The van der Waals surface area contributed by atoms with Crippen LogP contribution < -0.4 is 0 Å². The van der Waals surface area contributed by atoms with Crippen molar-refractivity contribution in [2.24, 2.45) is 0 Å². The number of hydrogen-bond acceptors (Lipinski definition) is 3. The van der Waals surface area contributed by atoms with Gasteiger partial charge in [0.2, 0.25) is 7.37 Å². The van der Waals surface area contributed by atoms with Crippen molar-refractivity contribution in [1.29, 1.82) is 5.26 Å². The second kappa shape index (κ2) is 3.36. The van der Waals surface area contributed by atoms with Crippen LogP contribution >= 0.6 is 7.37 Å². The second-order valence-corrected chi connectivity index (χ2v) is 5.77. The zero-order valence-corrected chi connectivity index (χ0v) is 7.51. The molecule has 0 aliphatic rings. The summed E-state index contributed by atoms with van der Waals surface area (Å²) in [7, 11) is -3.56. The van der Waals surface area contributed by atoms with E-state index in [1.165, 1.54) is 13.8 Å². The molecule has 0 aliphatic carbocycles. The van der Waals surface area contributed by atoms with Crippen LogP contribution in [0, 0.1) is 11.3 Å².